The first-order valence-corrected chi connectivity index (χ1v) is 9.02. The molecule has 1 aromatic heterocycles. The summed E-state index contributed by atoms with van der Waals surface area (Å²) in [6.07, 6.45) is 7.19. The topological polar surface area (TPSA) is 25.2 Å². The van der Waals surface area contributed by atoms with Crippen LogP contribution in [0.3, 0.4) is 0 Å². The van der Waals surface area contributed by atoms with Gasteiger partial charge in [-0.25, -0.2) is 4.98 Å². The second-order valence-electron chi connectivity index (χ2n) is 6.15. The summed E-state index contributed by atoms with van der Waals surface area (Å²) in [6, 6.07) is 8.79. The molecule has 5 heteroatoms. The predicted octanol–water partition coefficient (Wildman–Crippen LogP) is 6.35. The molecule has 1 aliphatic heterocycles. The van der Waals surface area contributed by atoms with E-state index in [0.29, 0.717) is 16.5 Å². The van der Waals surface area contributed by atoms with Gasteiger partial charge in [-0.3, -0.25) is 4.99 Å². The normalized spacial score (nSPS) is 13.0. The first-order chi connectivity index (χ1) is 11.6. The van der Waals surface area contributed by atoms with Crippen LogP contribution < -0.4 is 0 Å². The van der Waals surface area contributed by atoms with Crippen molar-refractivity contribution in [1.82, 2.24) is 4.98 Å². The standard InChI is InChI=1S/C19H19Cl2FN2/c20-14-9-13(10-15(21)11-14)5-3-1-2-4-6-16-12-18-17(23-16)7-8-19(22)24-18/h7-11H,1-6,12H2. The number of aryl methyl sites for hydroxylation is 1. The summed E-state index contributed by atoms with van der Waals surface area (Å²) < 4.78 is 13.1. The fourth-order valence-corrected chi connectivity index (χ4v) is 3.58. The van der Waals surface area contributed by atoms with Crippen molar-refractivity contribution in [3.05, 3.63) is 57.6 Å². The number of benzene rings is 1. The Morgan fingerprint density at radius 3 is 2.38 bits per heavy atom. The van der Waals surface area contributed by atoms with Gasteiger partial charge < -0.3 is 0 Å². The summed E-state index contributed by atoms with van der Waals surface area (Å²) in [6.45, 7) is 0. The second kappa shape index (κ2) is 8.09. The molecule has 3 rings (SSSR count). The van der Waals surface area contributed by atoms with Crippen molar-refractivity contribution < 1.29 is 4.39 Å². The van der Waals surface area contributed by atoms with Crippen LogP contribution in [-0.4, -0.2) is 10.7 Å². The van der Waals surface area contributed by atoms with Gasteiger partial charge in [0, 0.05) is 22.2 Å². The average molecular weight is 365 g/mol. The van der Waals surface area contributed by atoms with Gasteiger partial charge in [0.2, 0.25) is 5.95 Å². The van der Waals surface area contributed by atoms with Crippen LogP contribution in [-0.2, 0) is 12.8 Å². The molecular formula is C19H19Cl2FN2. The van der Waals surface area contributed by atoms with Crippen LogP contribution >= 0.6 is 23.2 Å². The molecule has 0 atom stereocenters. The van der Waals surface area contributed by atoms with Crippen molar-refractivity contribution in [2.45, 2.75) is 44.9 Å². The smallest absolute Gasteiger partial charge is 0.213 e. The van der Waals surface area contributed by atoms with Gasteiger partial charge in [-0.15, -0.1) is 0 Å². The van der Waals surface area contributed by atoms with Crippen LogP contribution in [0.15, 0.2) is 35.3 Å². The highest BCUT2D eigenvalue weighted by Gasteiger charge is 2.16. The highest BCUT2D eigenvalue weighted by Crippen LogP contribution is 2.26. The minimum absolute atomic E-state index is 0.425. The number of fused-ring (bicyclic) bond motifs is 1. The van der Waals surface area contributed by atoms with Crippen LogP contribution in [0.25, 0.3) is 0 Å². The lowest BCUT2D eigenvalue weighted by Crippen LogP contribution is -1.99. The molecule has 0 aliphatic carbocycles. The Balaban J connectivity index is 1.35. The molecular weight excluding hydrogens is 346 g/mol. The van der Waals surface area contributed by atoms with Crippen molar-refractivity contribution in [1.29, 1.82) is 0 Å². The van der Waals surface area contributed by atoms with Gasteiger partial charge in [0.05, 0.1) is 11.4 Å². The molecule has 2 heterocycles. The van der Waals surface area contributed by atoms with Gasteiger partial charge in [-0.05, 0) is 61.6 Å². The Bertz CT molecular complexity index is 739. The highest BCUT2D eigenvalue weighted by molar-refractivity contribution is 6.34. The molecule has 0 spiro atoms. The molecule has 0 saturated carbocycles. The molecule has 1 aromatic carbocycles. The lowest BCUT2D eigenvalue weighted by atomic mass is 10.0. The summed E-state index contributed by atoms with van der Waals surface area (Å²) in [5.74, 6) is -0.425. The number of hydrogen-bond donors (Lipinski definition) is 0. The fraction of sp³-hybridized carbons (Fsp3) is 0.368. The first-order valence-electron chi connectivity index (χ1n) is 8.27. The molecule has 1 aliphatic rings. The largest absolute Gasteiger partial charge is 0.255 e. The minimum Gasteiger partial charge on any atom is -0.255 e. The molecule has 0 saturated heterocycles. The molecule has 0 unspecified atom stereocenters. The lowest BCUT2D eigenvalue weighted by molar-refractivity contribution is 0.580. The Kier molecular flexibility index (Phi) is 5.85. The van der Waals surface area contributed by atoms with Crippen molar-refractivity contribution in [3.8, 4) is 0 Å². The van der Waals surface area contributed by atoms with Crippen LogP contribution in [0.2, 0.25) is 10.0 Å². The second-order valence-corrected chi connectivity index (χ2v) is 7.02. The van der Waals surface area contributed by atoms with E-state index in [9.17, 15) is 4.39 Å². The van der Waals surface area contributed by atoms with Crippen LogP contribution in [0.4, 0.5) is 10.1 Å². The molecule has 24 heavy (non-hydrogen) atoms. The molecule has 0 amide bonds. The molecule has 126 valence electrons. The number of pyridine rings is 1. The molecule has 0 fully saturated rings. The number of halogens is 3. The van der Waals surface area contributed by atoms with Gasteiger partial charge in [-0.2, -0.15) is 4.39 Å². The summed E-state index contributed by atoms with van der Waals surface area (Å²) >= 11 is 12.0. The lowest BCUT2D eigenvalue weighted by Gasteiger charge is -2.04. The number of hydrogen-bond acceptors (Lipinski definition) is 2. The SMILES string of the molecule is Fc1ccc2c(n1)CC(CCCCCCc1cc(Cl)cc(Cl)c1)=N2. The molecule has 2 nitrogen and oxygen atoms in total. The zero-order chi connectivity index (χ0) is 16.9. The van der Waals surface area contributed by atoms with E-state index in [2.05, 4.69) is 9.98 Å². The molecule has 2 aromatic rings. The van der Waals surface area contributed by atoms with E-state index < -0.39 is 5.95 Å². The summed E-state index contributed by atoms with van der Waals surface area (Å²) in [5, 5.41) is 1.39. The van der Waals surface area contributed by atoms with Crippen molar-refractivity contribution >= 4 is 34.6 Å². The quantitative estimate of drug-likeness (QED) is 0.415. The van der Waals surface area contributed by atoms with Crippen LogP contribution in [0.1, 0.15) is 43.4 Å². The summed E-state index contributed by atoms with van der Waals surface area (Å²) in [5.41, 5.74) is 3.90. The number of rotatable bonds is 7. The maximum Gasteiger partial charge on any atom is 0.213 e. The van der Waals surface area contributed by atoms with Crippen molar-refractivity contribution in [2.75, 3.05) is 0 Å². The highest BCUT2D eigenvalue weighted by atomic mass is 35.5. The zero-order valence-corrected chi connectivity index (χ0v) is 14.9. The maximum atomic E-state index is 13.1. The maximum absolute atomic E-state index is 13.1. The van der Waals surface area contributed by atoms with Gasteiger partial charge in [0.25, 0.3) is 0 Å². The number of unbranched alkanes of at least 4 members (excludes halogenated alkanes) is 3. The minimum atomic E-state index is -0.425. The third-order valence-corrected chi connectivity index (χ3v) is 4.61. The number of aliphatic imine (C=N–C) groups is 1. The van der Waals surface area contributed by atoms with Crippen molar-refractivity contribution in [3.63, 3.8) is 0 Å². The number of nitrogens with zero attached hydrogens (tertiary/aromatic N) is 2. The van der Waals surface area contributed by atoms with E-state index in [1.165, 1.54) is 11.6 Å². The zero-order valence-electron chi connectivity index (χ0n) is 13.4. The third-order valence-electron chi connectivity index (χ3n) is 4.17. The van der Waals surface area contributed by atoms with E-state index in [1.807, 2.05) is 12.1 Å². The first kappa shape index (κ1) is 17.4. The van der Waals surface area contributed by atoms with Crippen LogP contribution in [0.5, 0.6) is 0 Å². The molecule has 0 N–H and O–H groups in total. The Morgan fingerprint density at radius 2 is 1.62 bits per heavy atom. The summed E-state index contributed by atoms with van der Waals surface area (Å²) in [7, 11) is 0. The predicted molar refractivity (Wildman–Crippen MR) is 98.2 cm³/mol. The van der Waals surface area contributed by atoms with Gasteiger partial charge in [0.15, 0.2) is 0 Å². The third kappa shape index (κ3) is 4.78. The molecule has 0 bridgehead atoms. The van der Waals surface area contributed by atoms with Gasteiger partial charge in [0.1, 0.15) is 0 Å². The van der Waals surface area contributed by atoms with Crippen molar-refractivity contribution in [2.24, 2.45) is 4.99 Å². The van der Waals surface area contributed by atoms with Crippen LogP contribution in [0, 0.1) is 5.95 Å². The monoisotopic (exact) mass is 364 g/mol. The van der Waals surface area contributed by atoms with E-state index in [1.54, 1.807) is 12.1 Å². The average Bonchev–Trinajstić information content (AvgIpc) is 2.91. The fourth-order valence-electron chi connectivity index (χ4n) is 3.01. The number of aromatic nitrogens is 1. The summed E-state index contributed by atoms with van der Waals surface area (Å²) in [4.78, 5) is 8.44. The van der Waals surface area contributed by atoms with Gasteiger partial charge in [-0.1, -0.05) is 36.0 Å². The van der Waals surface area contributed by atoms with E-state index in [4.69, 9.17) is 23.2 Å². The van der Waals surface area contributed by atoms with E-state index in [0.717, 1.165) is 55.6 Å². The van der Waals surface area contributed by atoms with E-state index >= 15 is 0 Å². The van der Waals surface area contributed by atoms with Gasteiger partial charge >= 0.3 is 0 Å². The Morgan fingerprint density at radius 1 is 0.917 bits per heavy atom. The Hall–Kier alpha value is -1.45. The molecule has 0 radical (unpaired) electrons. The van der Waals surface area contributed by atoms with E-state index in [-0.39, 0.29) is 0 Å². The Labute approximate surface area is 151 Å².